The highest BCUT2D eigenvalue weighted by Gasteiger charge is 2.51. The van der Waals surface area contributed by atoms with Crippen molar-refractivity contribution in [3.8, 4) is 34.4 Å². The molecular formula is C65H81F2N3O4Si3. The molecule has 0 bridgehead atoms. The first-order valence-corrected chi connectivity index (χ1v) is 34.2. The zero-order valence-corrected chi connectivity index (χ0v) is 51.3. The van der Waals surface area contributed by atoms with Gasteiger partial charge < -0.3 is 23.1 Å². The predicted molar refractivity (Wildman–Crippen MR) is 325 cm³/mol. The predicted octanol–water partition coefficient (Wildman–Crippen LogP) is 15.4. The average molecular weight is 1090 g/mol. The van der Waals surface area contributed by atoms with E-state index in [1.807, 2.05) is 54.6 Å². The number of fused-ring (bicyclic) bond motifs is 1. The van der Waals surface area contributed by atoms with Crippen molar-refractivity contribution >= 4 is 62.4 Å². The molecule has 0 fully saturated rings. The molecule has 0 aliphatic carbocycles. The normalized spacial score (nSPS) is 13.6. The van der Waals surface area contributed by atoms with E-state index < -0.39 is 36.3 Å². The summed E-state index contributed by atoms with van der Waals surface area (Å²) in [6.07, 6.45) is 0. The van der Waals surface area contributed by atoms with E-state index in [1.165, 1.54) is 10.6 Å². The van der Waals surface area contributed by atoms with Gasteiger partial charge in [-0.2, -0.15) is 0 Å². The first-order valence-electron chi connectivity index (χ1n) is 27.9. The Bertz CT molecular complexity index is 3260. The molecule has 0 saturated heterocycles. The molecule has 0 radical (unpaired) electrons. The zero-order valence-electron chi connectivity index (χ0n) is 48.3. The Morgan fingerprint density at radius 3 is 1.79 bits per heavy atom. The van der Waals surface area contributed by atoms with E-state index in [4.69, 9.17) is 18.6 Å². The van der Waals surface area contributed by atoms with Crippen LogP contribution in [0.4, 0.5) is 14.5 Å². The highest BCUT2D eigenvalue weighted by Crippen LogP contribution is 2.48. The monoisotopic (exact) mass is 1090 g/mol. The Labute approximate surface area is 460 Å². The van der Waals surface area contributed by atoms with Gasteiger partial charge in [0.05, 0.1) is 41.9 Å². The summed E-state index contributed by atoms with van der Waals surface area (Å²) >= 11 is 0. The van der Waals surface area contributed by atoms with Crippen molar-refractivity contribution < 1.29 is 22.4 Å². The minimum Gasteiger partial charge on any atom is -0.543 e. The standard InChI is InChI=1S/C65H81F2N3O4Si3/c1-43(2)75(44(3)4,45(5)6)38-33-54-56(66)32-31-50-39-51(74-76(46(7)8,47(9)10)48(11)12)40-55(59(50)54)62-61(67)63-60-57(41-58(71)70(63)42-49-25-19-16-20-26-49)69(34-36-72-64(60)68-62)35-37-73-77(65(13,14)15,52-27-21-17-22-28-52)53-29-23-18-24-30-53/h16-32,39-41,43-48H,34-37,42H2,1-15H3. The largest absolute Gasteiger partial charge is 0.543 e. The van der Waals surface area contributed by atoms with Gasteiger partial charge in [-0.25, -0.2) is 13.8 Å². The van der Waals surface area contributed by atoms with Gasteiger partial charge in [0, 0.05) is 23.6 Å². The number of aromatic nitrogens is 2. The van der Waals surface area contributed by atoms with Gasteiger partial charge in [-0.3, -0.25) is 4.79 Å². The maximum absolute atomic E-state index is 19.0. The minimum atomic E-state index is -2.94. The number of pyridine rings is 2. The van der Waals surface area contributed by atoms with Crippen molar-refractivity contribution in [2.75, 3.05) is 31.2 Å². The van der Waals surface area contributed by atoms with Gasteiger partial charge >= 0.3 is 0 Å². The molecule has 0 atom stereocenters. The van der Waals surface area contributed by atoms with Crippen LogP contribution in [0, 0.1) is 23.1 Å². The summed E-state index contributed by atoms with van der Waals surface area (Å²) in [6, 6.07) is 39.3. The third-order valence-corrected chi connectivity index (χ3v) is 34.3. The smallest absolute Gasteiger partial charge is 0.261 e. The van der Waals surface area contributed by atoms with Crippen molar-refractivity contribution in [1.29, 1.82) is 0 Å². The lowest BCUT2D eigenvalue weighted by atomic mass is 9.95. The van der Waals surface area contributed by atoms with Gasteiger partial charge in [0.2, 0.25) is 5.88 Å². The van der Waals surface area contributed by atoms with Crippen LogP contribution in [0.2, 0.25) is 38.3 Å². The van der Waals surface area contributed by atoms with Gasteiger partial charge in [0.15, 0.2) is 5.82 Å². The van der Waals surface area contributed by atoms with E-state index in [0.29, 0.717) is 69.5 Å². The SMILES string of the molecule is CC(C)[Si](C#Cc1c(F)ccc2cc(O[Si](C(C)C)(C(C)C)C(C)C)cc(-c3nc4c5c(cc(=O)n(Cc6ccccc6)c5c3F)N(CCO[Si](c3ccccc3)(c3ccccc3)C(C)(C)C)CCO4)c12)(C(C)C)C(C)C. The fourth-order valence-corrected chi connectivity index (χ4v) is 28.5. The number of hydrogen-bond acceptors (Lipinski definition) is 6. The Balaban J connectivity index is 1.40. The van der Waals surface area contributed by atoms with Crippen LogP contribution in [0.15, 0.2) is 126 Å². The van der Waals surface area contributed by atoms with E-state index in [1.54, 1.807) is 12.1 Å². The van der Waals surface area contributed by atoms with Crippen molar-refractivity contribution in [2.45, 2.75) is 149 Å². The van der Waals surface area contributed by atoms with E-state index in [2.05, 4.69) is 169 Å². The highest BCUT2D eigenvalue weighted by molar-refractivity contribution is 6.99. The van der Waals surface area contributed by atoms with Crippen LogP contribution in [0.1, 0.15) is 115 Å². The number of hydrogen-bond donors (Lipinski definition) is 0. The Morgan fingerprint density at radius 2 is 1.26 bits per heavy atom. The first-order chi connectivity index (χ1) is 36.5. The molecular weight excluding hydrogens is 1010 g/mol. The molecule has 5 aromatic carbocycles. The van der Waals surface area contributed by atoms with Crippen LogP contribution < -0.4 is 30.0 Å². The van der Waals surface area contributed by atoms with Gasteiger partial charge in [0.1, 0.15) is 31.9 Å². The molecule has 8 rings (SSSR count). The summed E-state index contributed by atoms with van der Waals surface area (Å²) in [5.41, 5.74) is 6.83. The van der Waals surface area contributed by atoms with Crippen LogP contribution in [0.25, 0.3) is 32.9 Å². The minimum absolute atomic E-state index is 0.0563. The number of rotatable bonds is 17. The molecule has 3 heterocycles. The molecule has 7 nitrogen and oxygen atoms in total. The lowest BCUT2D eigenvalue weighted by Gasteiger charge is -2.43. The quantitative estimate of drug-likeness (QED) is 0.0669. The average Bonchev–Trinajstić information content (AvgIpc) is 3.67. The van der Waals surface area contributed by atoms with Gasteiger partial charge in [-0.15, -0.1) is 5.54 Å². The Kier molecular flexibility index (Phi) is 17.0. The summed E-state index contributed by atoms with van der Waals surface area (Å²) in [7, 11) is -7.93. The maximum atomic E-state index is 19.0. The summed E-state index contributed by atoms with van der Waals surface area (Å²) in [4.78, 5) is 22.3. The molecule has 1 aliphatic heterocycles. The van der Waals surface area contributed by atoms with E-state index >= 15 is 13.6 Å². The van der Waals surface area contributed by atoms with E-state index in [9.17, 15) is 0 Å². The lowest BCUT2D eigenvalue weighted by molar-refractivity contribution is 0.292. The zero-order chi connectivity index (χ0) is 55.8. The number of benzene rings is 5. The van der Waals surface area contributed by atoms with Crippen molar-refractivity contribution in [3.05, 3.63) is 154 Å². The topological polar surface area (TPSA) is 65.8 Å². The van der Waals surface area contributed by atoms with Gasteiger partial charge in [0.25, 0.3) is 22.2 Å². The third kappa shape index (κ3) is 10.5. The molecule has 0 amide bonds. The molecule has 2 aromatic heterocycles. The van der Waals surface area contributed by atoms with Crippen molar-refractivity contribution in [3.63, 3.8) is 0 Å². The second kappa shape index (κ2) is 22.9. The molecule has 0 spiro atoms. The molecule has 12 heteroatoms. The molecule has 406 valence electrons. The summed E-state index contributed by atoms with van der Waals surface area (Å²) in [6.45, 7) is 34.9. The van der Waals surface area contributed by atoms with E-state index in [0.717, 1.165) is 15.9 Å². The fraction of sp³-hybridized carbons (Fsp3) is 0.415. The Morgan fingerprint density at radius 1 is 0.701 bits per heavy atom. The Hall–Kier alpha value is -5.85. The maximum Gasteiger partial charge on any atom is 0.261 e. The summed E-state index contributed by atoms with van der Waals surface area (Å²) < 4.78 is 59.1. The third-order valence-electron chi connectivity index (χ3n) is 16.9. The van der Waals surface area contributed by atoms with Crippen LogP contribution >= 0.6 is 0 Å². The van der Waals surface area contributed by atoms with Crippen LogP contribution in [-0.2, 0) is 11.0 Å². The number of halogens is 2. The second-order valence-corrected chi connectivity index (χ2v) is 39.4. The van der Waals surface area contributed by atoms with Crippen molar-refractivity contribution in [2.24, 2.45) is 0 Å². The van der Waals surface area contributed by atoms with Crippen LogP contribution in [0.3, 0.4) is 0 Å². The van der Waals surface area contributed by atoms with Gasteiger partial charge in [-0.1, -0.05) is 207 Å². The summed E-state index contributed by atoms with van der Waals surface area (Å²) in [5, 5.41) is 3.55. The number of ether oxygens (including phenoxy) is 1. The van der Waals surface area contributed by atoms with Gasteiger partial charge in [-0.05, 0) is 77.8 Å². The van der Waals surface area contributed by atoms with Crippen LogP contribution in [0.5, 0.6) is 11.6 Å². The number of anilines is 1. The molecule has 0 saturated carbocycles. The first kappa shape index (κ1) is 57.3. The van der Waals surface area contributed by atoms with Crippen molar-refractivity contribution in [1.82, 2.24) is 9.55 Å². The molecule has 0 N–H and O–H groups in total. The summed E-state index contributed by atoms with van der Waals surface area (Å²) in [5.74, 6) is 3.00. The molecule has 77 heavy (non-hydrogen) atoms. The highest BCUT2D eigenvalue weighted by atomic mass is 28.4. The molecule has 7 aromatic rings. The lowest BCUT2D eigenvalue weighted by Crippen LogP contribution is -2.67. The molecule has 1 aliphatic rings. The second-order valence-electron chi connectivity index (χ2n) is 24.1. The number of nitrogens with zero attached hydrogens (tertiary/aromatic N) is 3. The fourth-order valence-electron chi connectivity index (χ4n) is 13.5. The molecule has 0 unspecified atom stereocenters. The van der Waals surface area contributed by atoms with Crippen LogP contribution in [-0.4, -0.2) is 60.6 Å². The van der Waals surface area contributed by atoms with E-state index in [-0.39, 0.29) is 63.0 Å².